The molecule has 2 aliphatic rings. The monoisotopic (exact) mass is 445 g/mol. The fraction of sp³-hybridized carbons (Fsp3) is 0.348. The van der Waals surface area contributed by atoms with E-state index in [1.165, 1.54) is 16.7 Å². The van der Waals surface area contributed by atoms with Gasteiger partial charge in [0.1, 0.15) is 23.1 Å². The molecule has 2 unspecified atom stereocenters. The third-order valence-corrected chi connectivity index (χ3v) is 6.10. The minimum absolute atomic E-state index is 0.00843. The lowest BCUT2D eigenvalue weighted by molar-refractivity contribution is 0.0809. The number of hydrogen-bond acceptors (Lipinski definition) is 4. The highest BCUT2D eigenvalue weighted by atomic mass is 19.3. The second-order valence-corrected chi connectivity index (χ2v) is 8.29. The van der Waals surface area contributed by atoms with E-state index in [4.69, 9.17) is 4.74 Å². The molecule has 5 rings (SSSR count). The third kappa shape index (κ3) is 3.36. The summed E-state index contributed by atoms with van der Waals surface area (Å²) >= 11 is 0. The summed E-state index contributed by atoms with van der Waals surface area (Å²) in [5, 5.41) is 0. The van der Waals surface area contributed by atoms with Gasteiger partial charge in [-0.2, -0.15) is 0 Å². The summed E-state index contributed by atoms with van der Waals surface area (Å²) in [5.74, 6) is -5.50. The first-order chi connectivity index (χ1) is 15.2. The van der Waals surface area contributed by atoms with Gasteiger partial charge in [-0.25, -0.2) is 27.5 Å². The predicted molar refractivity (Wildman–Crippen MR) is 109 cm³/mol. The molecule has 1 aliphatic carbocycles. The van der Waals surface area contributed by atoms with Crippen LogP contribution in [0.25, 0.3) is 16.9 Å². The van der Waals surface area contributed by atoms with Crippen LogP contribution in [0.4, 0.5) is 17.6 Å². The van der Waals surface area contributed by atoms with Crippen molar-refractivity contribution >= 4 is 5.65 Å². The predicted octanol–water partition coefficient (Wildman–Crippen LogP) is 4.69. The van der Waals surface area contributed by atoms with E-state index in [9.17, 15) is 22.4 Å². The number of allylic oxidation sites excluding steroid dienone is 2. The molecule has 0 N–H and O–H groups in total. The zero-order valence-corrected chi connectivity index (χ0v) is 17.3. The summed E-state index contributed by atoms with van der Waals surface area (Å²) in [6.07, 6.45) is 3.31. The van der Waals surface area contributed by atoms with Crippen LogP contribution in [0, 0.1) is 31.4 Å². The van der Waals surface area contributed by atoms with Crippen LogP contribution in [0.3, 0.4) is 0 Å². The standard InChI is InChI=1S/C23H19F4N3O2/c1-11-12(2)28-21-20(15-4-3-14(24)8-17(15)25)29-18(10-30(21)22(11)31)13-5-6-32-19(7-13)16-9-23(16,26)27/h3-4,7-8,10,13,16H,5-6,9H2,1-2H3. The van der Waals surface area contributed by atoms with Gasteiger partial charge in [0.15, 0.2) is 5.65 Å². The zero-order valence-electron chi connectivity index (χ0n) is 17.3. The lowest BCUT2D eigenvalue weighted by Crippen LogP contribution is -2.22. The number of fused-ring (bicyclic) bond motifs is 1. The van der Waals surface area contributed by atoms with Crippen molar-refractivity contribution in [3.05, 3.63) is 75.2 Å². The van der Waals surface area contributed by atoms with E-state index >= 15 is 0 Å². The van der Waals surface area contributed by atoms with Crippen molar-refractivity contribution < 1.29 is 22.3 Å². The first-order valence-corrected chi connectivity index (χ1v) is 10.2. The van der Waals surface area contributed by atoms with Crippen LogP contribution in [0.5, 0.6) is 0 Å². The smallest absolute Gasteiger partial charge is 0.261 e. The topological polar surface area (TPSA) is 56.5 Å². The Hall–Kier alpha value is -3.23. The molecule has 32 heavy (non-hydrogen) atoms. The lowest BCUT2D eigenvalue weighted by atomic mass is 9.97. The normalized spacial score (nSPS) is 21.9. The first kappa shape index (κ1) is 20.7. The highest BCUT2D eigenvalue weighted by Gasteiger charge is 2.60. The molecule has 0 saturated heterocycles. The van der Waals surface area contributed by atoms with Crippen LogP contribution in [0.2, 0.25) is 0 Å². The van der Waals surface area contributed by atoms with Crippen molar-refractivity contribution in [3.63, 3.8) is 0 Å². The quantitative estimate of drug-likeness (QED) is 0.549. The molecule has 166 valence electrons. The van der Waals surface area contributed by atoms with E-state index in [-0.39, 0.29) is 41.3 Å². The maximum Gasteiger partial charge on any atom is 0.261 e. The van der Waals surface area contributed by atoms with Crippen molar-refractivity contribution in [2.75, 3.05) is 6.61 Å². The maximum absolute atomic E-state index is 14.7. The van der Waals surface area contributed by atoms with Gasteiger partial charge >= 0.3 is 0 Å². The van der Waals surface area contributed by atoms with Gasteiger partial charge in [0, 0.05) is 41.4 Å². The minimum Gasteiger partial charge on any atom is -0.498 e. The third-order valence-electron chi connectivity index (χ3n) is 6.10. The molecule has 0 bridgehead atoms. The lowest BCUT2D eigenvalue weighted by Gasteiger charge is -2.23. The molecule has 0 spiro atoms. The highest BCUT2D eigenvalue weighted by Crippen LogP contribution is 2.54. The minimum atomic E-state index is -2.78. The number of aromatic nitrogens is 3. The zero-order chi connectivity index (χ0) is 22.8. The molecule has 1 aromatic carbocycles. The number of rotatable bonds is 3. The Kier molecular flexibility index (Phi) is 4.61. The number of benzene rings is 1. The van der Waals surface area contributed by atoms with Crippen molar-refractivity contribution in [3.8, 4) is 11.3 Å². The second-order valence-electron chi connectivity index (χ2n) is 8.29. The molecule has 0 amide bonds. The summed E-state index contributed by atoms with van der Waals surface area (Å²) in [6, 6.07) is 3.08. The number of ether oxygens (including phenoxy) is 1. The SMILES string of the molecule is Cc1nc2c(-c3ccc(F)cc3F)nc(C3C=C(C4CC4(F)F)OCC3)cn2c(=O)c1C. The van der Waals surface area contributed by atoms with E-state index in [0.717, 1.165) is 12.1 Å². The van der Waals surface area contributed by atoms with E-state index in [1.807, 2.05) is 0 Å². The van der Waals surface area contributed by atoms with E-state index in [2.05, 4.69) is 9.97 Å². The van der Waals surface area contributed by atoms with Crippen LogP contribution in [-0.2, 0) is 4.74 Å². The summed E-state index contributed by atoms with van der Waals surface area (Å²) in [7, 11) is 0. The van der Waals surface area contributed by atoms with Crippen LogP contribution >= 0.6 is 0 Å². The van der Waals surface area contributed by atoms with E-state index in [0.29, 0.717) is 23.4 Å². The molecule has 5 nitrogen and oxygen atoms in total. The molecule has 3 heterocycles. The van der Waals surface area contributed by atoms with Crippen LogP contribution in [0.15, 0.2) is 41.0 Å². The number of alkyl halides is 2. The Labute approximate surface area is 180 Å². The Morgan fingerprint density at radius 2 is 1.94 bits per heavy atom. The van der Waals surface area contributed by atoms with Gasteiger partial charge in [-0.05, 0) is 38.5 Å². The molecular weight excluding hydrogens is 426 g/mol. The molecular formula is C23H19F4N3O2. The van der Waals surface area contributed by atoms with E-state index < -0.39 is 29.4 Å². The van der Waals surface area contributed by atoms with Gasteiger partial charge in [0.05, 0.1) is 18.2 Å². The van der Waals surface area contributed by atoms with Crippen molar-refractivity contribution in [1.29, 1.82) is 0 Å². The number of aryl methyl sites for hydroxylation is 1. The molecule has 0 radical (unpaired) electrons. The Balaban J connectivity index is 1.72. The second kappa shape index (κ2) is 7.15. The molecule has 3 aromatic rings. The number of nitrogens with zero attached hydrogens (tertiary/aromatic N) is 3. The first-order valence-electron chi connectivity index (χ1n) is 10.2. The van der Waals surface area contributed by atoms with Gasteiger partial charge in [0.25, 0.3) is 11.5 Å². The average molecular weight is 445 g/mol. The Morgan fingerprint density at radius 3 is 2.62 bits per heavy atom. The summed E-state index contributed by atoms with van der Waals surface area (Å²) in [6.45, 7) is 3.53. The maximum atomic E-state index is 14.7. The van der Waals surface area contributed by atoms with Crippen LogP contribution in [-0.4, -0.2) is 26.9 Å². The summed E-state index contributed by atoms with van der Waals surface area (Å²) < 4.78 is 62.0. The summed E-state index contributed by atoms with van der Waals surface area (Å²) in [4.78, 5) is 22.0. The number of hydrogen-bond donors (Lipinski definition) is 0. The Bertz CT molecular complexity index is 1350. The molecule has 1 saturated carbocycles. The van der Waals surface area contributed by atoms with Gasteiger partial charge < -0.3 is 4.74 Å². The molecule has 9 heteroatoms. The largest absolute Gasteiger partial charge is 0.498 e. The number of halogens is 4. The van der Waals surface area contributed by atoms with Gasteiger partial charge in [-0.3, -0.25) is 9.20 Å². The van der Waals surface area contributed by atoms with Crippen LogP contribution in [0.1, 0.15) is 35.7 Å². The highest BCUT2D eigenvalue weighted by molar-refractivity contribution is 5.74. The van der Waals surface area contributed by atoms with Crippen molar-refractivity contribution in [2.24, 2.45) is 5.92 Å². The fourth-order valence-electron chi connectivity index (χ4n) is 4.00. The Morgan fingerprint density at radius 1 is 1.19 bits per heavy atom. The van der Waals surface area contributed by atoms with Crippen LogP contribution < -0.4 is 5.56 Å². The fourth-order valence-corrected chi connectivity index (χ4v) is 4.00. The van der Waals surface area contributed by atoms with Gasteiger partial charge in [-0.15, -0.1) is 0 Å². The van der Waals surface area contributed by atoms with E-state index in [1.54, 1.807) is 19.9 Å². The molecule has 2 aromatic heterocycles. The van der Waals surface area contributed by atoms with Crippen molar-refractivity contribution in [1.82, 2.24) is 14.4 Å². The summed E-state index contributed by atoms with van der Waals surface area (Å²) in [5.41, 5.74) is 1.16. The van der Waals surface area contributed by atoms with Gasteiger partial charge in [-0.1, -0.05) is 0 Å². The molecule has 1 fully saturated rings. The van der Waals surface area contributed by atoms with Gasteiger partial charge in [0.2, 0.25) is 0 Å². The average Bonchev–Trinajstić information content (AvgIpc) is 3.40. The molecule has 2 atom stereocenters. The van der Waals surface area contributed by atoms with Crippen molar-refractivity contribution in [2.45, 2.75) is 38.5 Å². The molecule has 1 aliphatic heterocycles.